The Hall–Kier alpha value is -1.53. The van der Waals surface area contributed by atoms with Gasteiger partial charge in [0.15, 0.2) is 0 Å². The maximum atomic E-state index is 13.3. The van der Waals surface area contributed by atoms with Crippen LogP contribution in [0.1, 0.15) is 39.0 Å². The lowest BCUT2D eigenvalue weighted by Crippen LogP contribution is -2.32. The van der Waals surface area contributed by atoms with Gasteiger partial charge in [-0.2, -0.15) is 13.2 Å². The van der Waals surface area contributed by atoms with Gasteiger partial charge in [0.1, 0.15) is 5.70 Å². The van der Waals surface area contributed by atoms with Gasteiger partial charge in [0.05, 0.1) is 12.2 Å². The molecular formula is C13H18F3NO3. The molecule has 0 atom stereocenters. The highest BCUT2D eigenvalue weighted by Crippen LogP contribution is 2.40. The number of allylic oxidation sites excluding steroid dienone is 1. The Morgan fingerprint density at radius 1 is 1.30 bits per heavy atom. The van der Waals surface area contributed by atoms with Crippen LogP contribution >= 0.6 is 0 Å². The molecule has 1 N–H and O–H groups in total. The lowest BCUT2D eigenvalue weighted by molar-refractivity contribution is -0.141. The van der Waals surface area contributed by atoms with Crippen molar-refractivity contribution in [2.45, 2.75) is 45.2 Å². The van der Waals surface area contributed by atoms with Crippen molar-refractivity contribution in [1.82, 2.24) is 5.32 Å². The molecule has 1 aliphatic rings. The number of halogens is 3. The average Bonchev–Trinajstić information content (AvgIpc) is 2.38. The maximum absolute atomic E-state index is 13.3. The van der Waals surface area contributed by atoms with Crippen molar-refractivity contribution in [3.05, 3.63) is 11.3 Å². The third-order valence-corrected chi connectivity index (χ3v) is 3.27. The molecule has 1 aliphatic carbocycles. The third kappa shape index (κ3) is 4.25. The van der Waals surface area contributed by atoms with Crippen molar-refractivity contribution >= 4 is 12.4 Å². The van der Waals surface area contributed by atoms with Crippen LogP contribution in [0, 0.1) is 5.92 Å². The minimum atomic E-state index is -4.67. The second kappa shape index (κ2) is 7.31. The van der Waals surface area contributed by atoms with Gasteiger partial charge in [-0.3, -0.25) is 4.79 Å². The molecule has 0 bridgehead atoms. The first-order chi connectivity index (χ1) is 9.41. The van der Waals surface area contributed by atoms with E-state index in [-0.39, 0.29) is 13.0 Å². The average molecular weight is 293 g/mol. The van der Waals surface area contributed by atoms with Crippen LogP contribution in [0.25, 0.3) is 0 Å². The molecule has 4 nitrogen and oxygen atoms in total. The summed E-state index contributed by atoms with van der Waals surface area (Å²) >= 11 is 0. The van der Waals surface area contributed by atoms with Crippen LogP contribution in [0.4, 0.5) is 13.2 Å². The van der Waals surface area contributed by atoms with E-state index in [0.29, 0.717) is 25.7 Å². The molecule has 1 amide bonds. The molecule has 1 saturated carbocycles. The Bertz CT molecular complexity index is 385. The highest BCUT2D eigenvalue weighted by molar-refractivity contribution is 5.91. The zero-order valence-electron chi connectivity index (χ0n) is 11.3. The summed E-state index contributed by atoms with van der Waals surface area (Å²) in [5.74, 6) is -1.91. The van der Waals surface area contributed by atoms with Gasteiger partial charge in [-0.05, 0) is 25.7 Å². The standard InChI is InChI=1S/C13H18F3NO3/c1-2-20-12(19)11(17-8-18)10(13(14,15)16)9-6-4-3-5-7-9/h8-9H,2-7H2,1H3,(H,17,18)/b11-10-. The van der Waals surface area contributed by atoms with E-state index in [2.05, 4.69) is 4.74 Å². The first-order valence-corrected chi connectivity index (χ1v) is 6.60. The molecule has 0 aromatic carbocycles. The number of amides is 1. The molecule has 0 unspecified atom stereocenters. The zero-order valence-corrected chi connectivity index (χ0v) is 11.3. The molecule has 114 valence electrons. The van der Waals surface area contributed by atoms with Crippen LogP contribution in [-0.4, -0.2) is 25.2 Å². The number of rotatable bonds is 5. The van der Waals surface area contributed by atoms with E-state index in [1.54, 1.807) is 0 Å². The SMILES string of the molecule is CCOC(=O)/C(NC=O)=C(\C1CCCCC1)C(F)(F)F. The molecule has 20 heavy (non-hydrogen) atoms. The van der Waals surface area contributed by atoms with E-state index < -0.39 is 29.3 Å². The molecule has 0 spiro atoms. The molecule has 0 aromatic rings. The van der Waals surface area contributed by atoms with Crippen molar-refractivity contribution < 1.29 is 27.5 Å². The summed E-state index contributed by atoms with van der Waals surface area (Å²) in [5, 5.41) is 1.88. The van der Waals surface area contributed by atoms with Crippen molar-refractivity contribution in [1.29, 1.82) is 0 Å². The predicted molar refractivity (Wildman–Crippen MR) is 65.5 cm³/mol. The largest absolute Gasteiger partial charge is 0.461 e. The fourth-order valence-corrected chi connectivity index (χ4v) is 2.48. The van der Waals surface area contributed by atoms with Gasteiger partial charge in [-0.1, -0.05) is 19.3 Å². The number of hydrogen-bond acceptors (Lipinski definition) is 3. The topological polar surface area (TPSA) is 55.4 Å². The Kier molecular flexibility index (Phi) is 6.04. The Morgan fingerprint density at radius 3 is 2.35 bits per heavy atom. The zero-order chi connectivity index (χ0) is 15.2. The van der Waals surface area contributed by atoms with Gasteiger partial charge in [0.25, 0.3) is 0 Å². The number of carbonyl (C=O) groups is 2. The monoisotopic (exact) mass is 293 g/mol. The highest BCUT2D eigenvalue weighted by atomic mass is 19.4. The summed E-state index contributed by atoms with van der Waals surface area (Å²) < 4.78 is 44.4. The molecule has 0 aliphatic heterocycles. The van der Waals surface area contributed by atoms with Gasteiger partial charge >= 0.3 is 12.1 Å². The van der Waals surface area contributed by atoms with Gasteiger partial charge in [0, 0.05) is 0 Å². The molecular weight excluding hydrogens is 275 g/mol. The Morgan fingerprint density at radius 2 is 1.90 bits per heavy atom. The van der Waals surface area contributed by atoms with Crippen molar-refractivity contribution in [3.8, 4) is 0 Å². The minimum absolute atomic E-state index is 0.0569. The second-order valence-corrected chi connectivity index (χ2v) is 4.60. The molecule has 0 heterocycles. The number of hydrogen-bond donors (Lipinski definition) is 1. The summed E-state index contributed by atoms with van der Waals surface area (Å²) in [6.07, 6.45) is -1.63. The van der Waals surface area contributed by atoms with E-state index >= 15 is 0 Å². The van der Waals surface area contributed by atoms with Crippen molar-refractivity contribution in [2.24, 2.45) is 5.92 Å². The molecule has 1 rings (SSSR count). The van der Waals surface area contributed by atoms with Crippen LogP contribution in [-0.2, 0) is 14.3 Å². The summed E-state index contributed by atoms with van der Waals surface area (Å²) in [5.41, 5.74) is -1.75. The van der Waals surface area contributed by atoms with E-state index in [1.165, 1.54) is 6.92 Å². The third-order valence-electron chi connectivity index (χ3n) is 3.27. The Labute approximate surface area is 115 Å². The summed E-state index contributed by atoms with van der Waals surface area (Å²) in [6.45, 7) is 1.43. The highest BCUT2D eigenvalue weighted by Gasteiger charge is 2.43. The van der Waals surface area contributed by atoms with E-state index in [9.17, 15) is 22.8 Å². The normalized spacial score (nSPS) is 18.2. The van der Waals surface area contributed by atoms with E-state index in [0.717, 1.165) is 6.42 Å². The number of alkyl halides is 3. The van der Waals surface area contributed by atoms with E-state index in [4.69, 9.17) is 0 Å². The quantitative estimate of drug-likeness (QED) is 0.482. The fraction of sp³-hybridized carbons (Fsp3) is 0.692. The smallest absolute Gasteiger partial charge is 0.415 e. The van der Waals surface area contributed by atoms with Crippen LogP contribution in [0.2, 0.25) is 0 Å². The molecule has 7 heteroatoms. The second-order valence-electron chi connectivity index (χ2n) is 4.60. The summed E-state index contributed by atoms with van der Waals surface area (Å²) in [4.78, 5) is 22.2. The summed E-state index contributed by atoms with van der Waals surface area (Å²) in [7, 11) is 0. The first-order valence-electron chi connectivity index (χ1n) is 6.60. The van der Waals surface area contributed by atoms with Gasteiger partial charge < -0.3 is 10.1 Å². The fourth-order valence-electron chi connectivity index (χ4n) is 2.48. The van der Waals surface area contributed by atoms with Crippen LogP contribution in [0.5, 0.6) is 0 Å². The van der Waals surface area contributed by atoms with E-state index in [1.807, 2.05) is 5.32 Å². The number of esters is 1. The minimum Gasteiger partial charge on any atom is -0.461 e. The van der Waals surface area contributed by atoms with Gasteiger partial charge in [-0.15, -0.1) is 0 Å². The van der Waals surface area contributed by atoms with Gasteiger partial charge in [0.2, 0.25) is 6.41 Å². The van der Waals surface area contributed by atoms with Crippen LogP contribution in [0.3, 0.4) is 0 Å². The van der Waals surface area contributed by atoms with Crippen molar-refractivity contribution in [2.75, 3.05) is 6.61 Å². The summed E-state index contributed by atoms with van der Waals surface area (Å²) in [6, 6.07) is 0. The van der Waals surface area contributed by atoms with Crippen molar-refractivity contribution in [3.63, 3.8) is 0 Å². The maximum Gasteiger partial charge on any atom is 0.415 e. The Balaban J connectivity index is 3.22. The lowest BCUT2D eigenvalue weighted by Gasteiger charge is -2.27. The lowest BCUT2D eigenvalue weighted by atomic mass is 9.82. The number of carbonyl (C=O) groups excluding carboxylic acids is 2. The molecule has 0 radical (unpaired) electrons. The predicted octanol–water partition coefficient (Wildman–Crippen LogP) is 2.69. The van der Waals surface area contributed by atoms with Gasteiger partial charge in [-0.25, -0.2) is 4.79 Å². The first kappa shape index (κ1) is 16.5. The number of nitrogens with one attached hydrogen (secondary N) is 1. The van der Waals surface area contributed by atoms with Crippen LogP contribution < -0.4 is 5.32 Å². The molecule has 0 aromatic heterocycles. The molecule has 0 saturated heterocycles. The van der Waals surface area contributed by atoms with Crippen LogP contribution in [0.15, 0.2) is 11.3 Å². The number of ether oxygens (including phenoxy) is 1. The molecule has 1 fully saturated rings.